The third kappa shape index (κ3) is 5.98. The molecule has 0 bridgehead atoms. The van der Waals surface area contributed by atoms with Crippen LogP contribution in [-0.2, 0) is 9.59 Å². The number of aromatic nitrogens is 1. The summed E-state index contributed by atoms with van der Waals surface area (Å²) >= 11 is 0. The van der Waals surface area contributed by atoms with Crippen molar-refractivity contribution >= 4 is 29.0 Å². The second-order valence-electron chi connectivity index (χ2n) is 6.49. The van der Waals surface area contributed by atoms with Gasteiger partial charge in [-0.1, -0.05) is 6.07 Å². The molecule has 0 aliphatic rings. The molecule has 10 heteroatoms. The van der Waals surface area contributed by atoms with Crippen LogP contribution in [0, 0.1) is 17.0 Å². The minimum absolute atomic E-state index is 0.0454. The summed E-state index contributed by atoms with van der Waals surface area (Å²) in [7, 11) is 3.02. The van der Waals surface area contributed by atoms with Crippen LogP contribution in [0.1, 0.15) is 12.5 Å². The summed E-state index contributed by atoms with van der Waals surface area (Å²) in [5, 5.41) is 16.2. The number of amides is 2. The standard InChI is InChI=1S/C19H23N5O5/c1-12-5-8-17(20-10-12)22-18(25)11-23(3)13(2)19(26)21-15-9-14(24(27)28)6-7-16(15)29-4/h5-10,13H,11H2,1-4H3,(H,21,26)(H,20,22,25)/t13-/m0/s1. The largest absolute Gasteiger partial charge is 0.495 e. The number of carbonyl (C=O) groups excluding carboxylic acids is 2. The van der Waals surface area contributed by atoms with E-state index in [1.807, 2.05) is 13.0 Å². The van der Waals surface area contributed by atoms with Gasteiger partial charge in [0.15, 0.2) is 0 Å². The molecule has 2 rings (SSSR count). The number of methoxy groups -OCH3 is 1. The van der Waals surface area contributed by atoms with Gasteiger partial charge in [-0.3, -0.25) is 24.6 Å². The highest BCUT2D eigenvalue weighted by atomic mass is 16.6. The van der Waals surface area contributed by atoms with Crippen LogP contribution in [0.15, 0.2) is 36.5 Å². The number of hydrogen-bond acceptors (Lipinski definition) is 7. The molecule has 0 fully saturated rings. The SMILES string of the molecule is COc1ccc([N+](=O)[O-])cc1NC(=O)[C@H](C)N(C)CC(=O)Nc1ccc(C)cn1. The van der Waals surface area contributed by atoms with Gasteiger partial charge in [-0.25, -0.2) is 4.98 Å². The second kappa shape index (κ2) is 9.60. The first-order valence-electron chi connectivity index (χ1n) is 8.77. The van der Waals surface area contributed by atoms with E-state index >= 15 is 0 Å². The molecular weight excluding hydrogens is 378 g/mol. The normalized spacial score (nSPS) is 11.6. The Balaban J connectivity index is 2.00. The van der Waals surface area contributed by atoms with Gasteiger partial charge in [-0.05, 0) is 38.6 Å². The number of benzene rings is 1. The number of aryl methyl sites for hydroxylation is 1. The lowest BCUT2D eigenvalue weighted by Crippen LogP contribution is -2.43. The molecule has 0 unspecified atom stereocenters. The lowest BCUT2D eigenvalue weighted by Gasteiger charge is -2.23. The molecule has 2 aromatic rings. The number of likely N-dealkylation sites (N-methyl/N-ethyl adjacent to an activating group) is 1. The van der Waals surface area contributed by atoms with Crippen LogP contribution in [0.4, 0.5) is 17.2 Å². The Hall–Kier alpha value is -3.53. The van der Waals surface area contributed by atoms with E-state index in [9.17, 15) is 19.7 Å². The third-order valence-electron chi connectivity index (χ3n) is 4.26. The van der Waals surface area contributed by atoms with Gasteiger partial charge in [0.1, 0.15) is 11.6 Å². The van der Waals surface area contributed by atoms with Gasteiger partial charge < -0.3 is 15.4 Å². The van der Waals surface area contributed by atoms with E-state index in [0.717, 1.165) is 5.56 Å². The number of nitro benzene ring substituents is 1. The van der Waals surface area contributed by atoms with Gasteiger partial charge >= 0.3 is 0 Å². The molecule has 0 aliphatic carbocycles. The third-order valence-corrected chi connectivity index (χ3v) is 4.26. The lowest BCUT2D eigenvalue weighted by atomic mass is 10.2. The highest BCUT2D eigenvalue weighted by Crippen LogP contribution is 2.29. The average molecular weight is 401 g/mol. The first kappa shape index (κ1) is 21.8. The number of carbonyl (C=O) groups is 2. The van der Waals surface area contributed by atoms with Crippen LogP contribution < -0.4 is 15.4 Å². The van der Waals surface area contributed by atoms with Crippen LogP contribution in [0.25, 0.3) is 0 Å². The zero-order valence-electron chi connectivity index (χ0n) is 16.6. The van der Waals surface area contributed by atoms with Gasteiger partial charge in [0.2, 0.25) is 11.8 Å². The van der Waals surface area contributed by atoms with Crippen molar-refractivity contribution < 1.29 is 19.2 Å². The molecule has 0 radical (unpaired) electrons. The van der Waals surface area contributed by atoms with E-state index in [2.05, 4.69) is 15.6 Å². The predicted molar refractivity (Wildman–Crippen MR) is 108 cm³/mol. The number of non-ortho nitro benzene ring substituents is 1. The van der Waals surface area contributed by atoms with Gasteiger partial charge in [0.05, 0.1) is 30.3 Å². The Morgan fingerprint density at radius 2 is 2.00 bits per heavy atom. The Labute approximate surface area is 168 Å². The number of nitrogens with one attached hydrogen (secondary N) is 2. The fourth-order valence-electron chi connectivity index (χ4n) is 2.43. The maximum Gasteiger partial charge on any atom is 0.271 e. The second-order valence-corrected chi connectivity index (χ2v) is 6.49. The van der Waals surface area contributed by atoms with E-state index in [-0.39, 0.29) is 23.8 Å². The molecule has 0 aliphatic heterocycles. The molecule has 1 aromatic carbocycles. The highest BCUT2D eigenvalue weighted by Gasteiger charge is 2.22. The van der Waals surface area contributed by atoms with E-state index in [1.54, 1.807) is 31.1 Å². The van der Waals surface area contributed by atoms with E-state index < -0.39 is 16.9 Å². The van der Waals surface area contributed by atoms with Crippen molar-refractivity contribution in [3.8, 4) is 5.75 Å². The molecule has 2 amide bonds. The number of ether oxygens (including phenoxy) is 1. The predicted octanol–water partition coefficient (Wildman–Crippen LogP) is 2.20. The molecule has 1 atom stereocenters. The Morgan fingerprint density at radius 1 is 1.28 bits per heavy atom. The Morgan fingerprint density at radius 3 is 2.59 bits per heavy atom. The summed E-state index contributed by atoms with van der Waals surface area (Å²) in [6.07, 6.45) is 1.64. The van der Waals surface area contributed by atoms with Crippen LogP contribution >= 0.6 is 0 Å². The summed E-state index contributed by atoms with van der Waals surface area (Å²) in [6, 6.07) is 6.75. The van der Waals surface area contributed by atoms with Crippen molar-refractivity contribution in [3.05, 3.63) is 52.2 Å². The first-order valence-corrected chi connectivity index (χ1v) is 8.77. The van der Waals surface area contributed by atoms with Gasteiger partial charge in [0, 0.05) is 18.3 Å². The monoisotopic (exact) mass is 401 g/mol. The van der Waals surface area contributed by atoms with Crippen LogP contribution in [0.3, 0.4) is 0 Å². The lowest BCUT2D eigenvalue weighted by molar-refractivity contribution is -0.384. The Kier molecular flexibility index (Phi) is 7.21. The number of rotatable bonds is 8. The van der Waals surface area contributed by atoms with Crippen molar-refractivity contribution in [2.75, 3.05) is 31.3 Å². The summed E-state index contributed by atoms with van der Waals surface area (Å²) in [6.45, 7) is 3.47. The van der Waals surface area contributed by atoms with Crippen molar-refractivity contribution in [2.24, 2.45) is 0 Å². The summed E-state index contributed by atoms with van der Waals surface area (Å²) in [5.41, 5.74) is 0.981. The fourth-order valence-corrected chi connectivity index (χ4v) is 2.43. The quantitative estimate of drug-likeness (QED) is 0.513. The average Bonchev–Trinajstić information content (AvgIpc) is 2.68. The zero-order valence-corrected chi connectivity index (χ0v) is 16.6. The molecule has 0 saturated heterocycles. The number of nitrogens with zero attached hydrogens (tertiary/aromatic N) is 3. The summed E-state index contributed by atoms with van der Waals surface area (Å²) in [4.78, 5) is 40.8. The van der Waals surface area contributed by atoms with Crippen LogP contribution in [0.5, 0.6) is 5.75 Å². The zero-order chi connectivity index (χ0) is 21.6. The van der Waals surface area contributed by atoms with Crippen LogP contribution in [0.2, 0.25) is 0 Å². The van der Waals surface area contributed by atoms with Gasteiger partial charge in [-0.2, -0.15) is 0 Å². The number of nitro groups is 1. The van der Waals surface area contributed by atoms with Gasteiger partial charge in [0.25, 0.3) is 5.69 Å². The number of anilines is 2. The maximum atomic E-state index is 12.6. The molecule has 0 spiro atoms. The molecule has 2 N–H and O–H groups in total. The fraction of sp³-hybridized carbons (Fsp3) is 0.316. The summed E-state index contributed by atoms with van der Waals surface area (Å²) < 4.78 is 5.14. The van der Waals surface area contributed by atoms with Crippen molar-refractivity contribution in [2.45, 2.75) is 19.9 Å². The minimum Gasteiger partial charge on any atom is -0.495 e. The van der Waals surface area contributed by atoms with Gasteiger partial charge in [-0.15, -0.1) is 0 Å². The number of pyridine rings is 1. The smallest absolute Gasteiger partial charge is 0.271 e. The number of hydrogen-bond donors (Lipinski definition) is 2. The molecule has 154 valence electrons. The van der Waals surface area contributed by atoms with Crippen molar-refractivity contribution in [1.29, 1.82) is 0 Å². The molecule has 1 heterocycles. The first-order chi connectivity index (χ1) is 13.7. The molecule has 29 heavy (non-hydrogen) atoms. The molecule has 10 nitrogen and oxygen atoms in total. The van der Waals surface area contributed by atoms with Crippen molar-refractivity contribution in [1.82, 2.24) is 9.88 Å². The highest BCUT2D eigenvalue weighted by molar-refractivity contribution is 5.97. The van der Waals surface area contributed by atoms with Crippen LogP contribution in [-0.4, -0.2) is 53.4 Å². The molecule has 1 aromatic heterocycles. The molecular formula is C19H23N5O5. The van der Waals surface area contributed by atoms with Crippen molar-refractivity contribution in [3.63, 3.8) is 0 Å². The van der Waals surface area contributed by atoms with E-state index in [1.165, 1.54) is 25.3 Å². The molecule has 0 saturated carbocycles. The van der Waals surface area contributed by atoms with E-state index in [0.29, 0.717) is 11.6 Å². The Bertz CT molecular complexity index is 900. The minimum atomic E-state index is -0.685. The maximum absolute atomic E-state index is 12.6. The summed E-state index contributed by atoms with van der Waals surface area (Å²) in [5.74, 6) is -0.0431. The van der Waals surface area contributed by atoms with E-state index in [4.69, 9.17) is 4.74 Å². The topological polar surface area (TPSA) is 127 Å².